The molecular weight excluding hydrogens is 315 g/mol. The van der Waals surface area contributed by atoms with E-state index in [1.54, 1.807) is 0 Å². The van der Waals surface area contributed by atoms with Gasteiger partial charge in [-0.05, 0) is 36.1 Å². The van der Waals surface area contributed by atoms with Crippen molar-refractivity contribution in [3.63, 3.8) is 0 Å². The summed E-state index contributed by atoms with van der Waals surface area (Å²) in [5.74, 6) is 0.246. The van der Waals surface area contributed by atoms with Crippen LogP contribution in [0.5, 0.6) is 5.75 Å². The number of ketones is 1. The van der Waals surface area contributed by atoms with Crippen LogP contribution in [0.3, 0.4) is 0 Å². The maximum atomic E-state index is 11.9. The number of ether oxygens (including phenoxy) is 1. The molecule has 1 aromatic rings. The predicted molar refractivity (Wildman–Crippen MR) is 78.1 cm³/mol. The topological polar surface area (TPSA) is 83.5 Å². The Morgan fingerprint density at radius 3 is 2.14 bits per heavy atom. The zero-order chi connectivity index (χ0) is 16.3. The van der Waals surface area contributed by atoms with E-state index in [0.29, 0.717) is 5.75 Å². The van der Waals surface area contributed by atoms with Crippen molar-refractivity contribution in [2.24, 2.45) is 11.3 Å². The van der Waals surface area contributed by atoms with E-state index in [9.17, 15) is 17.8 Å². The first-order valence-corrected chi connectivity index (χ1v) is 8.11. The first-order chi connectivity index (χ1) is 9.49. The van der Waals surface area contributed by atoms with Crippen molar-refractivity contribution in [3.05, 3.63) is 24.3 Å². The van der Waals surface area contributed by atoms with E-state index in [1.165, 1.54) is 24.3 Å². The van der Waals surface area contributed by atoms with Crippen molar-refractivity contribution in [3.8, 4) is 5.75 Å². The molecule has 1 atom stereocenters. The van der Waals surface area contributed by atoms with Gasteiger partial charge in [-0.3, -0.25) is 4.79 Å². The Morgan fingerprint density at radius 2 is 1.73 bits per heavy atom. The van der Waals surface area contributed by atoms with E-state index in [4.69, 9.17) is 4.74 Å². The fraction of sp³-hybridized carbons (Fsp3) is 0.533. The molecule has 0 saturated heterocycles. The van der Waals surface area contributed by atoms with Gasteiger partial charge < -0.3 is 9.29 Å². The zero-order valence-electron chi connectivity index (χ0n) is 13.8. The van der Waals surface area contributed by atoms with Crippen LogP contribution in [0.25, 0.3) is 0 Å². The van der Waals surface area contributed by atoms with Crippen molar-refractivity contribution >= 4 is 15.9 Å². The molecule has 0 radical (unpaired) electrons. The number of carbonyl (C=O) groups is 1. The van der Waals surface area contributed by atoms with Gasteiger partial charge >= 0.3 is 29.6 Å². The summed E-state index contributed by atoms with van der Waals surface area (Å²) in [6, 6.07) is 5.07. The van der Waals surface area contributed by atoms with Crippen LogP contribution in [0.2, 0.25) is 0 Å². The predicted octanol–water partition coefficient (Wildman–Crippen LogP) is -0.385. The summed E-state index contributed by atoms with van der Waals surface area (Å²) < 4.78 is 37.7. The summed E-state index contributed by atoms with van der Waals surface area (Å²) in [6.45, 7) is 8.00. The Bertz CT molecular complexity index is 587. The molecule has 5 nitrogen and oxygen atoms in total. The molecule has 0 aliphatic heterocycles. The molecule has 22 heavy (non-hydrogen) atoms. The standard InChI is InChI=1S/C15H22O5S.Na/c1-11(9-15(2,3)4)14(16)10-20-12-5-7-13(8-6-12)21(17,18)19;/h5-8,11H,9-10H2,1-4H3,(H,17,18,19);/q;+1/p-1. The molecular formula is C15H21NaO5S. The molecule has 7 heteroatoms. The average molecular weight is 336 g/mol. The van der Waals surface area contributed by atoms with Crippen LogP contribution in [0.1, 0.15) is 34.1 Å². The van der Waals surface area contributed by atoms with Gasteiger partial charge in [0.05, 0.1) is 4.90 Å². The van der Waals surface area contributed by atoms with Gasteiger partial charge in [0.25, 0.3) is 0 Å². The van der Waals surface area contributed by atoms with Gasteiger partial charge in [-0.25, -0.2) is 8.42 Å². The van der Waals surface area contributed by atoms with Crippen molar-refractivity contribution in [1.82, 2.24) is 0 Å². The van der Waals surface area contributed by atoms with Crippen molar-refractivity contribution in [2.45, 2.75) is 39.0 Å². The Balaban J connectivity index is 0.00000441. The van der Waals surface area contributed by atoms with Gasteiger partial charge in [-0.2, -0.15) is 0 Å². The average Bonchev–Trinajstić information content (AvgIpc) is 2.33. The van der Waals surface area contributed by atoms with Crippen molar-refractivity contribution < 1.29 is 52.1 Å². The summed E-state index contributed by atoms with van der Waals surface area (Å²) in [5, 5.41) is 0. The second kappa shape index (κ2) is 8.45. The quantitative estimate of drug-likeness (QED) is 0.522. The van der Waals surface area contributed by atoms with Crippen molar-refractivity contribution in [1.29, 1.82) is 0 Å². The van der Waals surface area contributed by atoms with Gasteiger partial charge in [0.15, 0.2) is 5.78 Å². The van der Waals surface area contributed by atoms with Crippen LogP contribution in [-0.4, -0.2) is 25.4 Å². The van der Waals surface area contributed by atoms with Crippen LogP contribution >= 0.6 is 0 Å². The summed E-state index contributed by atoms with van der Waals surface area (Å²) in [5.41, 5.74) is 0.0687. The zero-order valence-corrected chi connectivity index (χ0v) is 16.6. The van der Waals surface area contributed by atoms with E-state index in [1.807, 2.05) is 6.92 Å². The fourth-order valence-corrected chi connectivity index (χ4v) is 2.50. The number of hydrogen-bond acceptors (Lipinski definition) is 5. The second-order valence-corrected chi connectivity index (χ2v) is 7.73. The van der Waals surface area contributed by atoms with E-state index < -0.39 is 10.1 Å². The molecule has 0 bridgehead atoms. The molecule has 1 rings (SSSR count). The second-order valence-electron chi connectivity index (χ2n) is 6.35. The molecule has 0 fully saturated rings. The molecule has 0 aromatic heterocycles. The first-order valence-electron chi connectivity index (χ1n) is 6.70. The van der Waals surface area contributed by atoms with E-state index >= 15 is 0 Å². The SMILES string of the molecule is CC(CC(C)(C)C)C(=O)COc1ccc(S(=O)(=O)[O-])cc1.[Na+]. The summed E-state index contributed by atoms with van der Waals surface area (Å²) in [4.78, 5) is 11.6. The number of hydrogen-bond donors (Lipinski definition) is 0. The minimum atomic E-state index is -4.46. The Labute approximate surface area is 154 Å². The first kappa shape index (κ1) is 21.6. The number of Topliss-reactive ketones (excluding diaryl/α,β-unsaturated/α-hetero) is 1. The largest absolute Gasteiger partial charge is 1.00 e. The molecule has 0 spiro atoms. The molecule has 0 saturated carbocycles. The summed E-state index contributed by atoms with van der Waals surface area (Å²) in [7, 11) is -4.46. The number of benzene rings is 1. The molecule has 1 aromatic carbocycles. The maximum absolute atomic E-state index is 11.9. The van der Waals surface area contributed by atoms with Crippen molar-refractivity contribution in [2.75, 3.05) is 6.61 Å². The molecule has 0 heterocycles. The minimum Gasteiger partial charge on any atom is -0.744 e. The van der Waals surface area contributed by atoms with Crippen LogP contribution in [0, 0.1) is 11.3 Å². The minimum absolute atomic E-state index is 0. The third-order valence-electron chi connectivity index (χ3n) is 2.96. The smallest absolute Gasteiger partial charge is 0.744 e. The summed E-state index contributed by atoms with van der Waals surface area (Å²) in [6.07, 6.45) is 0.766. The molecule has 1 unspecified atom stereocenters. The number of rotatable bonds is 6. The molecule has 0 aliphatic rings. The van der Waals surface area contributed by atoms with Gasteiger partial charge in [-0.15, -0.1) is 0 Å². The van der Waals surface area contributed by atoms with E-state index in [-0.39, 0.29) is 58.2 Å². The fourth-order valence-electron chi connectivity index (χ4n) is 2.03. The Kier molecular flexibility index (Phi) is 8.30. The maximum Gasteiger partial charge on any atom is 1.00 e. The normalized spacial score (nSPS) is 13.1. The summed E-state index contributed by atoms with van der Waals surface area (Å²) >= 11 is 0. The van der Waals surface area contributed by atoms with Gasteiger partial charge in [0, 0.05) is 5.92 Å². The molecule has 0 N–H and O–H groups in total. The third kappa shape index (κ3) is 7.74. The monoisotopic (exact) mass is 336 g/mol. The van der Waals surface area contributed by atoms with Crippen LogP contribution in [-0.2, 0) is 14.9 Å². The van der Waals surface area contributed by atoms with E-state index in [2.05, 4.69) is 20.8 Å². The van der Waals surface area contributed by atoms with Crippen LogP contribution in [0.15, 0.2) is 29.2 Å². The van der Waals surface area contributed by atoms with E-state index in [0.717, 1.165) is 6.42 Å². The van der Waals surface area contributed by atoms with Crippen LogP contribution < -0.4 is 34.3 Å². The van der Waals surface area contributed by atoms with Gasteiger partial charge in [-0.1, -0.05) is 27.7 Å². The number of carbonyl (C=O) groups excluding carboxylic acids is 1. The molecule has 118 valence electrons. The molecule has 0 amide bonds. The Morgan fingerprint density at radius 1 is 1.23 bits per heavy atom. The molecule has 0 aliphatic carbocycles. The van der Waals surface area contributed by atoms with Gasteiger partial charge in [0.1, 0.15) is 22.5 Å². The van der Waals surface area contributed by atoms with Crippen LogP contribution in [0.4, 0.5) is 0 Å². The Hall–Kier alpha value is -0.400. The van der Waals surface area contributed by atoms with Gasteiger partial charge in [0.2, 0.25) is 0 Å². The third-order valence-corrected chi connectivity index (χ3v) is 3.81.